The van der Waals surface area contributed by atoms with Crippen LogP contribution in [0.1, 0.15) is 33.6 Å². The lowest BCUT2D eigenvalue weighted by Crippen LogP contribution is -2.54. The molecule has 3 nitrogen and oxygen atoms in total. The van der Waals surface area contributed by atoms with Crippen LogP contribution < -0.4 is 0 Å². The largest absolute Gasteiger partial charge is 0.301 e. The lowest BCUT2D eigenvalue weighted by molar-refractivity contribution is 0.0504. The quantitative estimate of drug-likeness (QED) is 0.784. The van der Waals surface area contributed by atoms with Crippen LogP contribution in [-0.4, -0.2) is 71.4 Å². The van der Waals surface area contributed by atoms with E-state index >= 15 is 0 Å². The Hall–Kier alpha value is 0.230. The van der Waals surface area contributed by atoms with Gasteiger partial charge in [0.25, 0.3) is 0 Å². The standard InChI is InChI=1S/C14H29N3S/c1-12(2)15-6-4-14(5-7-15)17-10-8-16(9-11-17)13(3)18/h12-14,18H,4-11H2,1-3H3. The van der Waals surface area contributed by atoms with Gasteiger partial charge in [-0.2, -0.15) is 12.6 Å². The molecule has 0 aromatic carbocycles. The number of hydrogen-bond donors (Lipinski definition) is 1. The Morgan fingerprint density at radius 2 is 1.39 bits per heavy atom. The van der Waals surface area contributed by atoms with Crippen LogP contribution >= 0.6 is 12.6 Å². The van der Waals surface area contributed by atoms with Crippen molar-refractivity contribution in [2.45, 2.75) is 51.1 Å². The smallest absolute Gasteiger partial charge is 0.0500 e. The van der Waals surface area contributed by atoms with E-state index in [0.29, 0.717) is 11.4 Å². The van der Waals surface area contributed by atoms with Crippen LogP contribution in [-0.2, 0) is 0 Å². The van der Waals surface area contributed by atoms with Crippen molar-refractivity contribution in [2.24, 2.45) is 0 Å². The highest BCUT2D eigenvalue weighted by atomic mass is 32.1. The average molecular weight is 271 g/mol. The molecule has 0 radical (unpaired) electrons. The summed E-state index contributed by atoms with van der Waals surface area (Å²) < 4.78 is 0. The Morgan fingerprint density at radius 3 is 1.83 bits per heavy atom. The van der Waals surface area contributed by atoms with E-state index in [1.165, 1.54) is 52.1 Å². The van der Waals surface area contributed by atoms with Crippen LogP contribution in [0.15, 0.2) is 0 Å². The van der Waals surface area contributed by atoms with Gasteiger partial charge in [-0.1, -0.05) is 0 Å². The molecule has 0 saturated carbocycles. The van der Waals surface area contributed by atoms with Crippen LogP contribution in [0.5, 0.6) is 0 Å². The number of nitrogens with zero attached hydrogens (tertiary/aromatic N) is 3. The maximum Gasteiger partial charge on any atom is 0.0500 e. The van der Waals surface area contributed by atoms with E-state index < -0.39 is 0 Å². The second kappa shape index (κ2) is 6.60. The van der Waals surface area contributed by atoms with Gasteiger partial charge in [-0.05, 0) is 46.7 Å². The number of likely N-dealkylation sites (tertiary alicyclic amines) is 1. The Bertz CT molecular complexity index is 215. The topological polar surface area (TPSA) is 9.72 Å². The summed E-state index contributed by atoms with van der Waals surface area (Å²) in [5.74, 6) is 0. The first-order valence-corrected chi connectivity index (χ1v) is 8.00. The molecule has 4 heteroatoms. The van der Waals surface area contributed by atoms with Gasteiger partial charge in [0.05, 0.1) is 0 Å². The maximum atomic E-state index is 4.53. The van der Waals surface area contributed by atoms with Gasteiger partial charge in [0.15, 0.2) is 0 Å². The minimum Gasteiger partial charge on any atom is -0.301 e. The van der Waals surface area contributed by atoms with Crippen molar-refractivity contribution in [3.05, 3.63) is 0 Å². The summed E-state index contributed by atoms with van der Waals surface area (Å²) in [6.07, 6.45) is 2.71. The predicted octanol–water partition coefficient (Wildman–Crippen LogP) is 1.75. The van der Waals surface area contributed by atoms with Crippen molar-refractivity contribution >= 4 is 12.6 Å². The number of rotatable bonds is 3. The molecule has 2 heterocycles. The van der Waals surface area contributed by atoms with Gasteiger partial charge < -0.3 is 4.90 Å². The van der Waals surface area contributed by atoms with Gasteiger partial charge in [0, 0.05) is 43.6 Å². The molecule has 18 heavy (non-hydrogen) atoms. The van der Waals surface area contributed by atoms with Crippen molar-refractivity contribution in [3.63, 3.8) is 0 Å². The lowest BCUT2D eigenvalue weighted by atomic mass is 10.0. The fourth-order valence-corrected chi connectivity index (χ4v) is 3.47. The fraction of sp³-hybridized carbons (Fsp3) is 1.00. The fourth-order valence-electron chi connectivity index (χ4n) is 3.24. The Morgan fingerprint density at radius 1 is 0.833 bits per heavy atom. The molecule has 1 unspecified atom stereocenters. The molecule has 0 spiro atoms. The third-order valence-electron chi connectivity index (χ3n) is 4.62. The molecule has 0 aromatic heterocycles. The Labute approximate surface area is 118 Å². The summed E-state index contributed by atoms with van der Waals surface area (Å²) in [6.45, 7) is 14.2. The van der Waals surface area contributed by atoms with Gasteiger partial charge >= 0.3 is 0 Å². The first-order valence-electron chi connectivity index (χ1n) is 7.48. The third kappa shape index (κ3) is 3.62. The molecule has 2 fully saturated rings. The second-order valence-corrected chi connectivity index (χ2v) is 6.81. The number of piperazine rings is 1. The first kappa shape index (κ1) is 14.6. The monoisotopic (exact) mass is 271 g/mol. The van der Waals surface area contributed by atoms with Gasteiger partial charge in [-0.15, -0.1) is 0 Å². The van der Waals surface area contributed by atoms with Crippen molar-refractivity contribution in [1.82, 2.24) is 14.7 Å². The molecule has 0 N–H and O–H groups in total. The van der Waals surface area contributed by atoms with Crippen LogP contribution in [0.2, 0.25) is 0 Å². The zero-order valence-electron chi connectivity index (χ0n) is 12.2. The molecule has 0 amide bonds. The van der Waals surface area contributed by atoms with Gasteiger partial charge in [-0.25, -0.2) is 0 Å². The minimum atomic E-state index is 0.412. The van der Waals surface area contributed by atoms with Crippen molar-refractivity contribution in [2.75, 3.05) is 39.3 Å². The third-order valence-corrected chi connectivity index (χ3v) is 4.95. The molecule has 0 aliphatic carbocycles. The molecule has 2 saturated heterocycles. The number of hydrogen-bond acceptors (Lipinski definition) is 4. The van der Waals surface area contributed by atoms with Gasteiger partial charge in [-0.3, -0.25) is 9.80 Å². The van der Waals surface area contributed by atoms with E-state index in [-0.39, 0.29) is 0 Å². The SMILES string of the molecule is CC(C)N1CCC(N2CCN(C(C)S)CC2)CC1. The molecule has 2 aliphatic rings. The molecule has 2 aliphatic heterocycles. The van der Waals surface area contributed by atoms with Crippen molar-refractivity contribution in [3.8, 4) is 0 Å². The highest BCUT2D eigenvalue weighted by molar-refractivity contribution is 7.80. The highest BCUT2D eigenvalue weighted by Gasteiger charge is 2.28. The Kier molecular flexibility index (Phi) is 5.36. The predicted molar refractivity (Wildman–Crippen MR) is 81.3 cm³/mol. The Balaban J connectivity index is 1.75. The molecular weight excluding hydrogens is 242 g/mol. The maximum absolute atomic E-state index is 4.53. The number of thiol groups is 1. The van der Waals surface area contributed by atoms with Crippen molar-refractivity contribution in [1.29, 1.82) is 0 Å². The summed E-state index contributed by atoms with van der Waals surface area (Å²) in [5, 5.41) is 0.412. The molecule has 106 valence electrons. The summed E-state index contributed by atoms with van der Waals surface area (Å²) in [7, 11) is 0. The van der Waals surface area contributed by atoms with E-state index in [2.05, 4.69) is 48.1 Å². The normalized spacial score (nSPS) is 27.8. The van der Waals surface area contributed by atoms with Crippen LogP contribution in [0, 0.1) is 0 Å². The van der Waals surface area contributed by atoms with E-state index in [0.717, 1.165) is 6.04 Å². The second-order valence-electron chi connectivity index (χ2n) is 6.06. The highest BCUT2D eigenvalue weighted by Crippen LogP contribution is 2.20. The minimum absolute atomic E-state index is 0.412. The zero-order chi connectivity index (χ0) is 13.1. The molecule has 0 bridgehead atoms. The average Bonchev–Trinajstić information content (AvgIpc) is 2.39. The molecule has 0 aromatic rings. The molecular formula is C14H29N3S. The summed E-state index contributed by atoms with van der Waals surface area (Å²) in [5.41, 5.74) is 0. The van der Waals surface area contributed by atoms with Crippen LogP contribution in [0.25, 0.3) is 0 Å². The van der Waals surface area contributed by atoms with Gasteiger partial charge in [0.2, 0.25) is 0 Å². The van der Waals surface area contributed by atoms with E-state index in [1.54, 1.807) is 0 Å². The number of piperidine rings is 1. The lowest BCUT2D eigenvalue weighted by Gasteiger charge is -2.44. The zero-order valence-corrected chi connectivity index (χ0v) is 13.1. The summed E-state index contributed by atoms with van der Waals surface area (Å²) in [6, 6.07) is 1.55. The van der Waals surface area contributed by atoms with Crippen LogP contribution in [0.3, 0.4) is 0 Å². The van der Waals surface area contributed by atoms with E-state index in [4.69, 9.17) is 0 Å². The summed E-state index contributed by atoms with van der Waals surface area (Å²) >= 11 is 4.53. The van der Waals surface area contributed by atoms with E-state index in [1.807, 2.05) is 0 Å². The molecule has 2 rings (SSSR count). The van der Waals surface area contributed by atoms with Crippen molar-refractivity contribution < 1.29 is 0 Å². The van der Waals surface area contributed by atoms with E-state index in [9.17, 15) is 0 Å². The van der Waals surface area contributed by atoms with Crippen LogP contribution in [0.4, 0.5) is 0 Å². The molecule has 1 atom stereocenters. The van der Waals surface area contributed by atoms with Gasteiger partial charge in [0.1, 0.15) is 0 Å². The summed E-state index contributed by atoms with van der Waals surface area (Å²) in [4.78, 5) is 7.80. The first-order chi connectivity index (χ1) is 8.58.